The monoisotopic (exact) mass is 267 g/mol. The van der Waals surface area contributed by atoms with E-state index in [2.05, 4.69) is 5.10 Å². The van der Waals surface area contributed by atoms with E-state index >= 15 is 0 Å². The molecule has 0 aliphatic carbocycles. The Morgan fingerprint density at radius 2 is 1.70 bits per heavy atom. The minimum atomic E-state index is -0.295. The summed E-state index contributed by atoms with van der Waals surface area (Å²) in [7, 11) is 0. The van der Waals surface area contributed by atoms with Gasteiger partial charge in [-0.15, -0.1) is 0 Å². The third-order valence-corrected chi connectivity index (χ3v) is 3.14. The van der Waals surface area contributed by atoms with Crippen LogP contribution < -0.4 is 5.73 Å². The summed E-state index contributed by atoms with van der Waals surface area (Å²) in [6.07, 6.45) is 0. The Labute approximate surface area is 116 Å². The van der Waals surface area contributed by atoms with E-state index in [0.717, 1.165) is 5.56 Å². The number of aromatic nitrogens is 2. The summed E-state index contributed by atoms with van der Waals surface area (Å²) in [5.74, 6) is 0.226. The molecule has 0 amide bonds. The van der Waals surface area contributed by atoms with E-state index in [1.165, 1.54) is 6.07 Å². The first-order valence-electron chi connectivity index (χ1n) is 6.36. The summed E-state index contributed by atoms with van der Waals surface area (Å²) in [5.41, 5.74) is 8.07. The van der Waals surface area contributed by atoms with E-state index in [9.17, 15) is 4.39 Å². The molecule has 1 heterocycles. The highest BCUT2D eigenvalue weighted by Crippen LogP contribution is 2.23. The average molecular weight is 267 g/mol. The maximum Gasteiger partial charge on any atom is 0.132 e. The quantitative estimate of drug-likeness (QED) is 0.791. The molecule has 0 fully saturated rings. The predicted molar refractivity (Wildman–Crippen MR) is 77.6 cm³/mol. The molecule has 0 bridgehead atoms. The van der Waals surface area contributed by atoms with Crippen LogP contribution in [0.5, 0.6) is 0 Å². The molecule has 2 aromatic carbocycles. The number of halogens is 1. The van der Waals surface area contributed by atoms with Gasteiger partial charge < -0.3 is 5.73 Å². The van der Waals surface area contributed by atoms with Crippen molar-refractivity contribution in [3.63, 3.8) is 0 Å². The zero-order valence-electron chi connectivity index (χ0n) is 10.8. The number of hydrogen-bond donors (Lipinski definition) is 1. The van der Waals surface area contributed by atoms with Crippen LogP contribution in [-0.4, -0.2) is 9.78 Å². The Hall–Kier alpha value is -2.62. The maximum atomic E-state index is 13.8. The number of nitrogens with zero attached hydrogens (tertiary/aromatic N) is 2. The molecule has 0 saturated heterocycles. The van der Waals surface area contributed by atoms with E-state index in [0.29, 0.717) is 23.6 Å². The summed E-state index contributed by atoms with van der Waals surface area (Å²) in [6.45, 7) is 0.571. The zero-order valence-corrected chi connectivity index (χ0v) is 10.8. The van der Waals surface area contributed by atoms with Crippen LogP contribution in [0.1, 0.15) is 5.56 Å². The van der Waals surface area contributed by atoms with Crippen LogP contribution >= 0.6 is 0 Å². The molecule has 0 spiro atoms. The maximum absolute atomic E-state index is 13.8. The summed E-state index contributed by atoms with van der Waals surface area (Å²) in [4.78, 5) is 0. The number of nitrogens with two attached hydrogens (primary N) is 1. The van der Waals surface area contributed by atoms with Crippen molar-refractivity contribution in [3.05, 3.63) is 72.0 Å². The predicted octanol–water partition coefficient (Wildman–Crippen LogP) is 3.32. The Morgan fingerprint density at radius 1 is 1.00 bits per heavy atom. The van der Waals surface area contributed by atoms with Gasteiger partial charge in [0, 0.05) is 11.6 Å². The van der Waals surface area contributed by atoms with Gasteiger partial charge in [0.25, 0.3) is 0 Å². The lowest BCUT2D eigenvalue weighted by atomic mass is 10.1. The molecule has 0 aliphatic heterocycles. The van der Waals surface area contributed by atoms with Crippen LogP contribution in [0, 0.1) is 5.82 Å². The van der Waals surface area contributed by atoms with Crippen LogP contribution in [0.15, 0.2) is 60.7 Å². The average Bonchev–Trinajstić information content (AvgIpc) is 2.81. The lowest BCUT2D eigenvalue weighted by Crippen LogP contribution is -2.05. The number of hydrogen-bond acceptors (Lipinski definition) is 2. The largest absolute Gasteiger partial charge is 0.384 e. The van der Waals surface area contributed by atoms with Crippen molar-refractivity contribution in [3.8, 4) is 11.3 Å². The van der Waals surface area contributed by atoms with Gasteiger partial charge in [-0.1, -0.05) is 42.5 Å². The second-order valence-electron chi connectivity index (χ2n) is 4.58. The van der Waals surface area contributed by atoms with Crippen LogP contribution in [-0.2, 0) is 6.54 Å². The molecule has 0 unspecified atom stereocenters. The molecule has 0 atom stereocenters. The standard InChI is InChI=1S/C16H14FN3/c17-14-9-5-4-8-13(14)15-10-16(18)20(19-15)11-12-6-2-1-3-7-12/h1-10H,11,18H2. The first-order valence-corrected chi connectivity index (χ1v) is 6.36. The van der Waals surface area contributed by atoms with E-state index in [1.807, 2.05) is 30.3 Å². The number of anilines is 1. The minimum absolute atomic E-state index is 0.295. The van der Waals surface area contributed by atoms with E-state index in [1.54, 1.807) is 28.9 Å². The fourth-order valence-electron chi connectivity index (χ4n) is 2.11. The van der Waals surface area contributed by atoms with Gasteiger partial charge in [0.05, 0.1) is 12.2 Å². The second kappa shape index (κ2) is 5.17. The first-order chi connectivity index (χ1) is 9.74. The van der Waals surface area contributed by atoms with Crippen LogP contribution in [0.25, 0.3) is 11.3 Å². The highest BCUT2D eigenvalue weighted by Gasteiger charge is 2.10. The molecule has 20 heavy (non-hydrogen) atoms. The molecular formula is C16H14FN3. The van der Waals surface area contributed by atoms with E-state index in [4.69, 9.17) is 5.73 Å². The van der Waals surface area contributed by atoms with Crippen molar-refractivity contribution in [2.75, 3.05) is 5.73 Å². The Kier molecular flexibility index (Phi) is 3.21. The number of nitrogen functional groups attached to an aromatic ring is 1. The second-order valence-corrected chi connectivity index (χ2v) is 4.58. The fraction of sp³-hybridized carbons (Fsp3) is 0.0625. The lowest BCUT2D eigenvalue weighted by Gasteiger charge is -2.03. The molecule has 1 aromatic heterocycles. The molecule has 100 valence electrons. The first kappa shape index (κ1) is 12.4. The van der Waals surface area contributed by atoms with Crippen molar-refractivity contribution in [1.29, 1.82) is 0 Å². The Balaban J connectivity index is 1.94. The Morgan fingerprint density at radius 3 is 2.45 bits per heavy atom. The van der Waals surface area contributed by atoms with E-state index in [-0.39, 0.29) is 5.82 Å². The zero-order chi connectivity index (χ0) is 13.9. The van der Waals surface area contributed by atoms with Gasteiger partial charge in [0.15, 0.2) is 0 Å². The van der Waals surface area contributed by atoms with Gasteiger partial charge in [-0.25, -0.2) is 9.07 Å². The van der Waals surface area contributed by atoms with Crippen molar-refractivity contribution in [1.82, 2.24) is 9.78 Å². The van der Waals surface area contributed by atoms with E-state index < -0.39 is 0 Å². The molecule has 0 radical (unpaired) electrons. The van der Waals surface area contributed by atoms with Crippen LogP contribution in [0.3, 0.4) is 0 Å². The van der Waals surface area contributed by atoms with Gasteiger partial charge in [0.1, 0.15) is 11.6 Å². The highest BCUT2D eigenvalue weighted by atomic mass is 19.1. The van der Waals surface area contributed by atoms with Gasteiger partial charge in [-0.2, -0.15) is 5.10 Å². The van der Waals surface area contributed by atoms with Crippen molar-refractivity contribution < 1.29 is 4.39 Å². The van der Waals surface area contributed by atoms with Crippen molar-refractivity contribution >= 4 is 5.82 Å². The molecule has 2 N–H and O–H groups in total. The van der Waals surface area contributed by atoms with Crippen molar-refractivity contribution in [2.24, 2.45) is 0 Å². The molecule has 4 heteroatoms. The summed E-state index contributed by atoms with van der Waals surface area (Å²) < 4.78 is 15.4. The SMILES string of the molecule is Nc1cc(-c2ccccc2F)nn1Cc1ccccc1. The normalized spacial score (nSPS) is 10.7. The molecule has 3 nitrogen and oxygen atoms in total. The van der Waals surface area contributed by atoms with Gasteiger partial charge in [-0.05, 0) is 17.7 Å². The summed E-state index contributed by atoms with van der Waals surface area (Å²) in [6, 6.07) is 18.1. The molecule has 0 aliphatic rings. The summed E-state index contributed by atoms with van der Waals surface area (Å²) in [5, 5.41) is 4.39. The number of benzene rings is 2. The molecular weight excluding hydrogens is 253 g/mol. The third kappa shape index (κ3) is 2.40. The van der Waals surface area contributed by atoms with Gasteiger partial charge in [-0.3, -0.25) is 0 Å². The fourth-order valence-corrected chi connectivity index (χ4v) is 2.11. The molecule has 3 aromatic rings. The van der Waals surface area contributed by atoms with Crippen LogP contribution in [0.2, 0.25) is 0 Å². The lowest BCUT2D eigenvalue weighted by molar-refractivity contribution is 0.629. The third-order valence-electron chi connectivity index (χ3n) is 3.14. The highest BCUT2D eigenvalue weighted by molar-refractivity contribution is 5.62. The number of rotatable bonds is 3. The molecule has 3 rings (SSSR count). The Bertz CT molecular complexity index is 720. The van der Waals surface area contributed by atoms with Gasteiger partial charge in [0.2, 0.25) is 0 Å². The smallest absolute Gasteiger partial charge is 0.132 e. The topological polar surface area (TPSA) is 43.8 Å². The minimum Gasteiger partial charge on any atom is -0.384 e. The van der Waals surface area contributed by atoms with Crippen molar-refractivity contribution in [2.45, 2.75) is 6.54 Å². The van der Waals surface area contributed by atoms with Crippen LogP contribution in [0.4, 0.5) is 10.2 Å². The van der Waals surface area contributed by atoms with Gasteiger partial charge >= 0.3 is 0 Å². The molecule has 0 saturated carbocycles. The summed E-state index contributed by atoms with van der Waals surface area (Å²) >= 11 is 0.